The van der Waals surface area contributed by atoms with Crippen LogP contribution in [0.5, 0.6) is 5.75 Å². The maximum atomic E-state index is 13.1. The highest BCUT2D eigenvalue weighted by Gasteiger charge is 2.26. The van der Waals surface area contributed by atoms with Gasteiger partial charge in [-0.25, -0.2) is 4.79 Å². The molecule has 0 saturated carbocycles. The Morgan fingerprint density at radius 3 is 2.43 bits per heavy atom. The summed E-state index contributed by atoms with van der Waals surface area (Å²) < 4.78 is 10.9. The summed E-state index contributed by atoms with van der Waals surface area (Å²) in [5, 5.41) is 3.12. The van der Waals surface area contributed by atoms with Crippen molar-refractivity contribution < 1.29 is 19.1 Å². The van der Waals surface area contributed by atoms with Gasteiger partial charge in [-0.3, -0.25) is 4.79 Å². The predicted octanol–water partition coefficient (Wildman–Crippen LogP) is 4.78. The van der Waals surface area contributed by atoms with Crippen molar-refractivity contribution in [2.75, 3.05) is 18.2 Å². The number of aryl methyl sites for hydroxylation is 1. The Balaban J connectivity index is 1.89. The fourth-order valence-corrected chi connectivity index (χ4v) is 2.98. The predicted molar refractivity (Wildman–Crippen MR) is 117 cm³/mol. The topological polar surface area (TPSA) is 90.6 Å². The summed E-state index contributed by atoms with van der Waals surface area (Å²) in [5.74, 6) is -0.712. The molecule has 0 saturated heterocycles. The molecule has 154 valence electrons. The molecule has 0 spiro atoms. The highest BCUT2D eigenvalue weighted by molar-refractivity contribution is 6.33. The van der Waals surface area contributed by atoms with E-state index in [1.54, 1.807) is 36.4 Å². The number of halogens is 1. The Kier molecular flexibility index (Phi) is 6.59. The first-order valence-corrected chi connectivity index (χ1v) is 9.53. The van der Waals surface area contributed by atoms with Crippen molar-refractivity contribution in [1.29, 1.82) is 0 Å². The number of nitrogens with one attached hydrogen (secondary N) is 1. The number of nitrogen functional groups attached to an aromatic ring is 1. The van der Waals surface area contributed by atoms with Gasteiger partial charge in [-0.15, -0.1) is 0 Å². The minimum atomic E-state index is -1.18. The molecule has 0 heterocycles. The number of esters is 1. The van der Waals surface area contributed by atoms with E-state index in [4.69, 9.17) is 26.8 Å². The van der Waals surface area contributed by atoms with Crippen molar-refractivity contribution >= 4 is 34.9 Å². The first-order chi connectivity index (χ1) is 14.4. The van der Waals surface area contributed by atoms with Gasteiger partial charge >= 0.3 is 5.97 Å². The number of amides is 1. The molecule has 1 amide bonds. The number of nitrogens with two attached hydrogens (primary N) is 1. The number of hydrogen-bond donors (Lipinski definition) is 2. The molecule has 0 fully saturated rings. The SMILES string of the molecule is COc1ccc(C)cc1NC(=O)C(OC(=O)c1ccc(Cl)c(N)c1)c1ccccc1. The van der Waals surface area contributed by atoms with Gasteiger partial charge in [-0.2, -0.15) is 0 Å². The number of rotatable bonds is 6. The van der Waals surface area contributed by atoms with E-state index in [1.165, 1.54) is 25.3 Å². The van der Waals surface area contributed by atoms with E-state index in [9.17, 15) is 9.59 Å². The quantitative estimate of drug-likeness (QED) is 0.439. The van der Waals surface area contributed by atoms with E-state index in [0.717, 1.165) is 5.56 Å². The van der Waals surface area contributed by atoms with Gasteiger partial charge in [0.15, 0.2) is 0 Å². The molecule has 3 rings (SSSR count). The Bertz CT molecular complexity index is 1070. The second-order valence-corrected chi connectivity index (χ2v) is 7.03. The zero-order valence-corrected chi connectivity index (χ0v) is 17.3. The van der Waals surface area contributed by atoms with E-state index < -0.39 is 18.0 Å². The van der Waals surface area contributed by atoms with Crippen molar-refractivity contribution in [1.82, 2.24) is 0 Å². The average molecular weight is 425 g/mol. The van der Waals surface area contributed by atoms with Gasteiger partial charge in [0.2, 0.25) is 6.10 Å². The largest absolute Gasteiger partial charge is 0.495 e. The van der Waals surface area contributed by atoms with Gasteiger partial charge in [-0.05, 0) is 42.8 Å². The first-order valence-electron chi connectivity index (χ1n) is 9.15. The third-order valence-electron chi connectivity index (χ3n) is 4.41. The van der Waals surface area contributed by atoms with Crippen LogP contribution in [0.1, 0.15) is 27.6 Å². The van der Waals surface area contributed by atoms with E-state index in [-0.39, 0.29) is 11.3 Å². The minimum absolute atomic E-state index is 0.193. The van der Waals surface area contributed by atoms with Crippen LogP contribution in [0.4, 0.5) is 11.4 Å². The number of carbonyl (C=O) groups excluding carboxylic acids is 2. The summed E-state index contributed by atoms with van der Waals surface area (Å²) in [7, 11) is 1.51. The van der Waals surface area contributed by atoms with Crippen molar-refractivity contribution in [3.63, 3.8) is 0 Å². The molecule has 0 aliphatic rings. The molecule has 30 heavy (non-hydrogen) atoms. The lowest BCUT2D eigenvalue weighted by molar-refractivity contribution is -0.125. The molecule has 1 unspecified atom stereocenters. The minimum Gasteiger partial charge on any atom is -0.495 e. The second kappa shape index (κ2) is 9.33. The van der Waals surface area contributed by atoms with Crippen LogP contribution in [0.25, 0.3) is 0 Å². The molecule has 0 aliphatic carbocycles. The Morgan fingerprint density at radius 2 is 1.77 bits per heavy atom. The molecule has 3 N–H and O–H groups in total. The highest BCUT2D eigenvalue weighted by atomic mass is 35.5. The lowest BCUT2D eigenvalue weighted by atomic mass is 10.1. The maximum absolute atomic E-state index is 13.1. The van der Waals surface area contributed by atoms with Crippen molar-refractivity contribution in [2.45, 2.75) is 13.0 Å². The van der Waals surface area contributed by atoms with Crippen LogP contribution < -0.4 is 15.8 Å². The van der Waals surface area contributed by atoms with Gasteiger partial charge in [0.1, 0.15) is 5.75 Å². The fraction of sp³-hybridized carbons (Fsp3) is 0.130. The number of ether oxygens (including phenoxy) is 2. The number of hydrogen-bond acceptors (Lipinski definition) is 5. The summed E-state index contributed by atoms with van der Waals surface area (Å²) in [5.41, 5.74) is 8.16. The Labute approximate surface area is 179 Å². The molecule has 0 aromatic heterocycles. The van der Waals surface area contributed by atoms with E-state index in [0.29, 0.717) is 22.0 Å². The van der Waals surface area contributed by atoms with E-state index in [2.05, 4.69) is 5.32 Å². The third-order valence-corrected chi connectivity index (χ3v) is 4.75. The second-order valence-electron chi connectivity index (χ2n) is 6.63. The molecule has 0 bridgehead atoms. The van der Waals surface area contributed by atoms with E-state index >= 15 is 0 Å². The lowest BCUT2D eigenvalue weighted by Crippen LogP contribution is -2.26. The normalized spacial score (nSPS) is 11.4. The van der Waals surface area contributed by atoms with Gasteiger partial charge in [0.05, 0.1) is 29.1 Å². The first kappa shape index (κ1) is 21.2. The molecule has 3 aromatic rings. The number of methoxy groups -OCH3 is 1. The van der Waals surface area contributed by atoms with Gasteiger partial charge in [0.25, 0.3) is 5.91 Å². The molecule has 3 aromatic carbocycles. The Morgan fingerprint density at radius 1 is 1.03 bits per heavy atom. The molecular weight excluding hydrogens is 404 g/mol. The zero-order chi connectivity index (χ0) is 21.7. The van der Waals surface area contributed by atoms with Crippen LogP contribution in [0, 0.1) is 6.92 Å². The molecule has 7 heteroatoms. The number of benzene rings is 3. The summed E-state index contributed by atoms with van der Waals surface area (Å²) >= 11 is 5.92. The smallest absolute Gasteiger partial charge is 0.339 e. The summed E-state index contributed by atoms with van der Waals surface area (Å²) in [6.45, 7) is 1.90. The lowest BCUT2D eigenvalue weighted by Gasteiger charge is -2.19. The fourth-order valence-electron chi connectivity index (χ4n) is 2.86. The summed E-state index contributed by atoms with van der Waals surface area (Å²) in [6, 6.07) is 18.6. The van der Waals surface area contributed by atoms with Crippen molar-refractivity contribution in [2.24, 2.45) is 0 Å². The monoisotopic (exact) mass is 424 g/mol. The van der Waals surface area contributed by atoms with Crippen LogP contribution in [0.15, 0.2) is 66.7 Å². The molecule has 0 radical (unpaired) electrons. The molecular formula is C23H21ClN2O4. The van der Waals surface area contributed by atoms with Crippen LogP contribution in [-0.4, -0.2) is 19.0 Å². The van der Waals surface area contributed by atoms with Crippen LogP contribution in [0.3, 0.4) is 0 Å². The van der Waals surface area contributed by atoms with Gasteiger partial charge in [0, 0.05) is 5.56 Å². The highest BCUT2D eigenvalue weighted by Crippen LogP contribution is 2.28. The maximum Gasteiger partial charge on any atom is 0.339 e. The summed E-state index contributed by atoms with van der Waals surface area (Å²) in [4.78, 5) is 25.8. The molecule has 1 atom stereocenters. The summed E-state index contributed by atoms with van der Waals surface area (Å²) in [6.07, 6.45) is -1.18. The zero-order valence-electron chi connectivity index (χ0n) is 16.5. The van der Waals surface area contributed by atoms with Crippen molar-refractivity contribution in [3.05, 3.63) is 88.4 Å². The van der Waals surface area contributed by atoms with Crippen LogP contribution in [0.2, 0.25) is 5.02 Å². The average Bonchev–Trinajstić information content (AvgIpc) is 2.74. The third kappa shape index (κ3) is 4.90. The van der Waals surface area contributed by atoms with Gasteiger partial charge in [-0.1, -0.05) is 48.0 Å². The van der Waals surface area contributed by atoms with E-state index in [1.807, 2.05) is 19.1 Å². The van der Waals surface area contributed by atoms with Crippen LogP contribution >= 0.6 is 11.6 Å². The van der Waals surface area contributed by atoms with Crippen LogP contribution in [-0.2, 0) is 9.53 Å². The molecule has 0 aliphatic heterocycles. The standard InChI is InChI=1S/C23H21ClN2O4/c1-14-8-11-20(29-2)19(12-14)26-22(27)21(15-6-4-3-5-7-15)30-23(28)16-9-10-17(24)18(25)13-16/h3-13,21H,25H2,1-2H3,(H,26,27). The van der Waals surface area contributed by atoms with Crippen molar-refractivity contribution in [3.8, 4) is 5.75 Å². The molecule has 6 nitrogen and oxygen atoms in total. The number of anilines is 2. The van der Waals surface area contributed by atoms with Gasteiger partial charge < -0.3 is 20.5 Å². The Hall–Kier alpha value is -3.51. The number of carbonyl (C=O) groups is 2.